The summed E-state index contributed by atoms with van der Waals surface area (Å²) < 4.78 is 10.4. The van der Waals surface area contributed by atoms with Gasteiger partial charge in [-0.2, -0.15) is 0 Å². The average Bonchev–Trinajstić information content (AvgIpc) is 2.58. The summed E-state index contributed by atoms with van der Waals surface area (Å²) in [7, 11) is 1.58. The number of nitro groups is 1. The number of benzene rings is 2. The lowest BCUT2D eigenvalue weighted by Crippen LogP contribution is -2.24. The van der Waals surface area contributed by atoms with E-state index in [2.05, 4.69) is 0 Å². The molecule has 6 heteroatoms. The average molecular weight is 355 g/mol. The number of esters is 1. The Bertz CT molecular complexity index is 850. The Morgan fingerprint density at radius 2 is 1.73 bits per heavy atom. The molecule has 0 spiro atoms. The van der Waals surface area contributed by atoms with Crippen molar-refractivity contribution in [1.29, 1.82) is 0 Å². The molecular formula is C20H21NO5. The number of hydrogen-bond donors (Lipinski definition) is 0. The number of nitrogens with zero attached hydrogens (tertiary/aromatic N) is 1. The first-order chi connectivity index (χ1) is 12.2. The first kappa shape index (κ1) is 19.2. The summed E-state index contributed by atoms with van der Waals surface area (Å²) in [5, 5.41) is 11.4. The van der Waals surface area contributed by atoms with Crippen molar-refractivity contribution in [2.75, 3.05) is 7.11 Å². The molecule has 2 aromatic carbocycles. The molecule has 0 radical (unpaired) electrons. The third-order valence-corrected chi connectivity index (χ3v) is 3.40. The number of carbonyl (C=O) groups excluding carboxylic acids is 1. The normalized spacial score (nSPS) is 11.4. The van der Waals surface area contributed by atoms with Gasteiger partial charge in [0.25, 0.3) is 5.69 Å². The summed E-state index contributed by atoms with van der Waals surface area (Å²) >= 11 is 0. The molecule has 0 fully saturated rings. The maximum atomic E-state index is 12.2. The van der Waals surface area contributed by atoms with E-state index >= 15 is 0 Å². The van der Waals surface area contributed by atoms with Crippen LogP contribution < -0.4 is 4.74 Å². The van der Waals surface area contributed by atoms with Gasteiger partial charge in [0.05, 0.1) is 12.0 Å². The smallest absolute Gasteiger partial charge is 0.345 e. The van der Waals surface area contributed by atoms with Gasteiger partial charge in [-0.15, -0.1) is 0 Å². The second-order valence-corrected chi connectivity index (χ2v) is 6.65. The lowest BCUT2D eigenvalue weighted by Gasteiger charge is -2.19. The Morgan fingerprint density at radius 3 is 2.31 bits per heavy atom. The van der Waals surface area contributed by atoms with Crippen LogP contribution in [0.2, 0.25) is 0 Å². The van der Waals surface area contributed by atoms with Crippen molar-refractivity contribution in [1.82, 2.24) is 0 Å². The largest absolute Gasteiger partial charge is 0.497 e. The minimum Gasteiger partial charge on any atom is -0.497 e. The first-order valence-corrected chi connectivity index (χ1v) is 8.03. The van der Waals surface area contributed by atoms with Crippen LogP contribution in [-0.2, 0) is 4.74 Å². The van der Waals surface area contributed by atoms with E-state index in [0.29, 0.717) is 5.56 Å². The molecule has 136 valence electrons. The summed E-state index contributed by atoms with van der Waals surface area (Å²) in [4.78, 5) is 23.0. The summed E-state index contributed by atoms with van der Waals surface area (Å²) in [5.74, 6) is 0.00549. The molecule has 0 bridgehead atoms. The summed E-state index contributed by atoms with van der Waals surface area (Å²) in [6, 6.07) is 11.8. The molecule has 2 rings (SSSR count). The van der Waals surface area contributed by atoms with Crippen molar-refractivity contribution >= 4 is 23.8 Å². The van der Waals surface area contributed by atoms with Gasteiger partial charge in [-0.25, -0.2) is 4.79 Å². The molecule has 0 N–H and O–H groups in total. The van der Waals surface area contributed by atoms with Crippen molar-refractivity contribution in [3.8, 4) is 5.75 Å². The molecule has 0 saturated heterocycles. The van der Waals surface area contributed by atoms with Gasteiger partial charge in [-0.3, -0.25) is 10.1 Å². The number of ether oxygens (including phenoxy) is 2. The quantitative estimate of drug-likeness (QED) is 0.335. The highest BCUT2D eigenvalue weighted by Crippen LogP contribution is 2.24. The van der Waals surface area contributed by atoms with Gasteiger partial charge in [0, 0.05) is 6.07 Å². The molecule has 0 unspecified atom stereocenters. The highest BCUT2D eigenvalue weighted by molar-refractivity contribution is 5.94. The van der Waals surface area contributed by atoms with E-state index in [9.17, 15) is 14.9 Å². The van der Waals surface area contributed by atoms with Gasteiger partial charge < -0.3 is 9.47 Å². The van der Waals surface area contributed by atoms with Gasteiger partial charge in [0.2, 0.25) is 0 Å². The highest BCUT2D eigenvalue weighted by Gasteiger charge is 2.25. The zero-order valence-electron chi connectivity index (χ0n) is 15.2. The first-order valence-electron chi connectivity index (χ1n) is 8.03. The Hall–Kier alpha value is -3.15. The molecule has 2 aromatic rings. The van der Waals surface area contributed by atoms with E-state index in [1.165, 1.54) is 12.1 Å². The monoisotopic (exact) mass is 355 g/mol. The van der Waals surface area contributed by atoms with Crippen LogP contribution in [-0.4, -0.2) is 23.6 Å². The maximum Gasteiger partial charge on any atom is 0.345 e. The second-order valence-electron chi connectivity index (χ2n) is 6.65. The van der Waals surface area contributed by atoms with Crippen molar-refractivity contribution in [3.63, 3.8) is 0 Å². The van der Waals surface area contributed by atoms with Crippen LogP contribution in [0.4, 0.5) is 5.69 Å². The third kappa shape index (κ3) is 5.17. The minimum absolute atomic E-state index is 0.0662. The van der Waals surface area contributed by atoms with Gasteiger partial charge in [0.15, 0.2) is 0 Å². The molecule has 0 aliphatic heterocycles. The lowest BCUT2D eigenvalue weighted by atomic mass is 10.1. The molecule has 0 atom stereocenters. The molecule has 0 amide bonds. The molecule has 6 nitrogen and oxygen atoms in total. The van der Waals surface area contributed by atoms with E-state index < -0.39 is 16.5 Å². The number of hydrogen-bond acceptors (Lipinski definition) is 5. The standard InChI is InChI=1S/C20H21NO5/c1-20(2,3)26-19(22)17-11-10-15(13-18(17)21(23)24)9-8-14-6-5-7-16(12-14)25-4/h5-13H,1-4H3/b9-8+. The Kier molecular flexibility index (Phi) is 5.77. The van der Waals surface area contributed by atoms with Crippen molar-refractivity contribution in [2.45, 2.75) is 26.4 Å². The number of methoxy groups -OCH3 is 1. The number of carbonyl (C=O) groups is 1. The van der Waals surface area contributed by atoms with Crippen molar-refractivity contribution in [2.24, 2.45) is 0 Å². The van der Waals surface area contributed by atoms with Crippen molar-refractivity contribution < 1.29 is 19.2 Å². The summed E-state index contributed by atoms with van der Waals surface area (Å²) in [6.07, 6.45) is 3.55. The molecule has 0 aliphatic carbocycles. The van der Waals surface area contributed by atoms with Crippen LogP contribution in [0.25, 0.3) is 12.2 Å². The number of nitro benzene ring substituents is 1. The fraction of sp³-hybridized carbons (Fsp3) is 0.250. The Balaban J connectivity index is 2.31. The molecule has 0 aliphatic rings. The topological polar surface area (TPSA) is 78.7 Å². The van der Waals surface area contributed by atoms with Crippen LogP contribution >= 0.6 is 0 Å². The van der Waals surface area contributed by atoms with Gasteiger partial charge in [0.1, 0.15) is 16.9 Å². The Morgan fingerprint density at radius 1 is 1.08 bits per heavy atom. The fourth-order valence-corrected chi connectivity index (χ4v) is 2.25. The van der Waals surface area contributed by atoms with Gasteiger partial charge >= 0.3 is 5.97 Å². The molecular weight excluding hydrogens is 334 g/mol. The van der Waals surface area contributed by atoms with Crippen LogP contribution in [0.1, 0.15) is 42.3 Å². The van der Waals surface area contributed by atoms with Gasteiger partial charge in [-0.05, 0) is 50.1 Å². The second kappa shape index (κ2) is 7.82. The van der Waals surface area contributed by atoms with E-state index in [4.69, 9.17) is 9.47 Å². The Labute approximate surface area is 152 Å². The molecule has 0 saturated carbocycles. The predicted molar refractivity (Wildman–Crippen MR) is 100 cm³/mol. The maximum absolute atomic E-state index is 12.2. The summed E-state index contributed by atoms with van der Waals surface area (Å²) in [6.45, 7) is 5.13. The molecule has 26 heavy (non-hydrogen) atoms. The zero-order valence-corrected chi connectivity index (χ0v) is 15.2. The summed E-state index contributed by atoms with van der Waals surface area (Å²) in [5.41, 5.74) is 0.418. The number of rotatable bonds is 5. The van der Waals surface area contributed by atoms with Crippen molar-refractivity contribution in [3.05, 3.63) is 69.3 Å². The minimum atomic E-state index is -0.726. The van der Waals surface area contributed by atoms with Crippen LogP contribution in [0.15, 0.2) is 42.5 Å². The zero-order chi connectivity index (χ0) is 19.3. The van der Waals surface area contributed by atoms with Crippen LogP contribution in [0, 0.1) is 10.1 Å². The predicted octanol–water partition coefficient (Wildman–Crippen LogP) is 4.73. The van der Waals surface area contributed by atoms with Crippen LogP contribution in [0.3, 0.4) is 0 Å². The fourth-order valence-electron chi connectivity index (χ4n) is 2.25. The van der Waals surface area contributed by atoms with E-state index in [0.717, 1.165) is 11.3 Å². The SMILES string of the molecule is COc1cccc(/C=C/c2ccc(C(=O)OC(C)(C)C)c([N+](=O)[O-])c2)c1. The molecule has 0 aromatic heterocycles. The third-order valence-electron chi connectivity index (χ3n) is 3.40. The highest BCUT2D eigenvalue weighted by atomic mass is 16.6. The van der Waals surface area contributed by atoms with E-state index in [-0.39, 0.29) is 11.3 Å². The van der Waals surface area contributed by atoms with Crippen LogP contribution in [0.5, 0.6) is 5.75 Å². The molecule has 0 heterocycles. The van der Waals surface area contributed by atoms with E-state index in [1.807, 2.05) is 30.3 Å². The lowest BCUT2D eigenvalue weighted by molar-refractivity contribution is -0.385. The van der Waals surface area contributed by atoms with Gasteiger partial charge in [-0.1, -0.05) is 30.4 Å². The van der Waals surface area contributed by atoms with E-state index in [1.54, 1.807) is 40.0 Å².